The third-order valence-corrected chi connectivity index (χ3v) is 4.21. The first-order valence-corrected chi connectivity index (χ1v) is 7.76. The van der Waals surface area contributed by atoms with Crippen LogP contribution in [-0.2, 0) is 9.59 Å². The number of hydrogen-bond donors (Lipinski definition) is 1. The fourth-order valence-electron chi connectivity index (χ4n) is 3.19. The molecule has 0 aliphatic carbocycles. The second kappa shape index (κ2) is 6.83. The van der Waals surface area contributed by atoms with E-state index in [1.54, 1.807) is 13.8 Å². The number of hydrogen-bond acceptors (Lipinski definition) is 2. The molecule has 1 atom stereocenters. The summed E-state index contributed by atoms with van der Waals surface area (Å²) in [4.78, 5) is 24.8. The Labute approximate surface area is 138 Å². The first-order valence-electron chi connectivity index (χ1n) is 7.76. The van der Waals surface area contributed by atoms with Crippen molar-refractivity contribution in [2.75, 3.05) is 6.54 Å². The van der Waals surface area contributed by atoms with Crippen LogP contribution in [-0.4, -0.2) is 28.4 Å². The van der Waals surface area contributed by atoms with Gasteiger partial charge in [0.2, 0.25) is 5.91 Å². The predicted octanol–water partition coefficient (Wildman–Crippen LogP) is 3.66. The van der Waals surface area contributed by atoms with Crippen LogP contribution in [0.3, 0.4) is 0 Å². The van der Waals surface area contributed by atoms with Crippen molar-refractivity contribution in [2.24, 2.45) is 5.41 Å². The SMILES string of the molecule is CC(C)(CC(=O)O)CC(=O)N1CCCC1c1cc(F)cc(F)c1F. The molecule has 1 saturated heterocycles. The van der Waals surface area contributed by atoms with Crippen molar-refractivity contribution in [3.8, 4) is 0 Å². The number of carboxylic acid groups (broad SMARTS) is 1. The summed E-state index contributed by atoms with van der Waals surface area (Å²) >= 11 is 0. The molecule has 24 heavy (non-hydrogen) atoms. The smallest absolute Gasteiger partial charge is 0.303 e. The molecule has 2 rings (SSSR count). The summed E-state index contributed by atoms with van der Waals surface area (Å²) in [5, 5.41) is 8.90. The molecule has 1 aliphatic rings. The lowest BCUT2D eigenvalue weighted by Gasteiger charge is -2.30. The van der Waals surface area contributed by atoms with Crippen LogP contribution in [0.15, 0.2) is 12.1 Å². The van der Waals surface area contributed by atoms with Crippen LogP contribution in [0.25, 0.3) is 0 Å². The Morgan fingerprint density at radius 2 is 1.92 bits per heavy atom. The zero-order valence-corrected chi connectivity index (χ0v) is 13.6. The van der Waals surface area contributed by atoms with E-state index in [2.05, 4.69) is 0 Å². The zero-order chi connectivity index (χ0) is 18.1. The molecule has 1 unspecified atom stereocenters. The highest BCUT2D eigenvalue weighted by atomic mass is 19.2. The Hall–Kier alpha value is -2.05. The summed E-state index contributed by atoms with van der Waals surface area (Å²) in [6, 6.07) is 0.649. The molecule has 1 heterocycles. The van der Waals surface area contributed by atoms with Gasteiger partial charge in [-0.25, -0.2) is 13.2 Å². The lowest BCUT2D eigenvalue weighted by molar-refractivity contribution is -0.141. The van der Waals surface area contributed by atoms with Gasteiger partial charge in [0.1, 0.15) is 5.82 Å². The maximum absolute atomic E-state index is 14.0. The van der Waals surface area contributed by atoms with Crippen molar-refractivity contribution in [1.29, 1.82) is 0 Å². The first kappa shape index (κ1) is 18.3. The number of amides is 1. The first-order chi connectivity index (χ1) is 11.1. The molecule has 1 aliphatic heterocycles. The normalized spacial score (nSPS) is 18.0. The van der Waals surface area contributed by atoms with Crippen LogP contribution in [0.1, 0.15) is 51.1 Å². The Balaban J connectivity index is 2.22. The van der Waals surface area contributed by atoms with Crippen molar-refractivity contribution in [1.82, 2.24) is 4.90 Å². The molecular formula is C17H20F3NO3. The molecule has 1 aromatic rings. The van der Waals surface area contributed by atoms with E-state index in [0.29, 0.717) is 25.5 Å². The van der Waals surface area contributed by atoms with Crippen LogP contribution in [0.5, 0.6) is 0 Å². The molecule has 1 amide bonds. The standard InChI is InChI=1S/C17H20F3NO3/c1-17(2,9-15(23)24)8-14(22)21-5-3-4-13(21)11-6-10(18)7-12(19)16(11)20/h6-7,13H,3-5,8-9H2,1-2H3,(H,23,24). The molecule has 132 valence electrons. The molecule has 4 nitrogen and oxygen atoms in total. The lowest BCUT2D eigenvalue weighted by atomic mass is 9.85. The average molecular weight is 343 g/mol. The molecule has 1 fully saturated rings. The van der Waals surface area contributed by atoms with Gasteiger partial charge in [0.15, 0.2) is 11.6 Å². The monoisotopic (exact) mass is 343 g/mol. The van der Waals surface area contributed by atoms with Gasteiger partial charge < -0.3 is 10.0 Å². The summed E-state index contributed by atoms with van der Waals surface area (Å²) in [7, 11) is 0. The summed E-state index contributed by atoms with van der Waals surface area (Å²) in [5.74, 6) is -4.67. The number of benzene rings is 1. The Bertz CT molecular complexity index is 661. The topological polar surface area (TPSA) is 57.6 Å². The summed E-state index contributed by atoms with van der Waals surface area (Å²) in [6.07, 6.45) is 0.785. The number of rotatable bonds is 5. The second-order valence-electron chi connectivity index (χ2n) is 6.95. The minimum absolute atomic E-state index is 0.0325. The van der Waals surface area contributed by atoms with E-state index in [1.807, 2.05) is 0 Å². The van der Waals surface area contributed by atoms with Crippen LogP contribution < -0.4 is 0 Å². The molecule has 0 saturated carbocycles. The molecule has 7 heteroatoms. The number of carbonyl (C=O) groups excluding carboxylic acids is 1. The van der Waals surface area contributed by atoms with Crippen LogP contribution >= 0.6 is 0 Å². The number of halogens is 3. The minimum atomic E-state index is -1.28. The fourth-order valence-corrected chi connectivity index (χ4v) is 3.19. The minimum Gasteiger partial charge on any atom is -0.481 e. The summed E-state index contributed by atoms with van der Waals surface area (Å²) < 4.78 is 40.9. The number of likely N-dealkylation sites (tertiary alicyclic amines) is 1. The van der Waals surface area contributed by atoms with Gasteiger partial charge >= 0.3 is 5.97 Å². The third-order valence-electron chi connectivity index (χ3n) is 4.21. The molecule has 1 N–H and O–H groups in total. The van der Waals surface area contributed by atoms with Gasteiger partial charge in [-0.2, -0.15) is 0 Å². The number of nitrogens with zero attached hydrogens (tertiary/aromatic N) is 1. The molecule has 1 aromatic carbocycles. The quantitative estimate of drug-likeness (QED) is 0.830. The summed E-state index contributed by atoms with van der Waals surface area (Å²) in [5.41, 5.74) is -0.934. The van der Waals surface area contributed by atoms with Gasteiger partial charge in [-0.3, -0.25) is 9.59 Å². The maximum atomic E-state index is 14.0. The van der Waals surface area contributed by atoms with Crippen molar-refractivity contribution < 1.29 is 27.9 Å². The van der Waals surface area contributed by atoms with Crippen molar-refractivity contribution in [3.05, 3.63) is 35.1 Å². The predicted molar refractivity (Wildman–Crippen MR) is 80.7 cm³/mol. The van der Waals surface area contributed by atoms with Gasteiger partial charge in [0, 0.05) is 24.6 Å². The number of carbonyl (C=O) groups is 2. The van der Waals surface area contributed by atoms with E-state index >= 15 is 0 Å². The van der Waals surface area contributed by atoms with Crippen LogP contribution in [0.2, 0.25) is 0 Å². The Morgan fingerprint density at radius 3 is 2.54 bits per heavy atom. The number of aliphatic carboxylic acids is 1. The van der Waals surface area contributed by atoms with Gasteiger partial charge in [0.25, 0.3) is 0 Å². The van der Waals surface area contributed by atoms with Crippen molar-refractivity contribution in [3.63, 3.8) is 0 Å². The largest absolute Gasteiger partial charge is 0.481 e. The Kier molecular flexibility index (Phi) is 5.20. The second-order valence-corrected chi connectivity index (χ2v) is 6.95. The van der Waals surface area contributed by atoms with Gasteiger partial charge in [-0.05, 0) is 24.3 Å². The molecule has 0 aromatic heterocycles. The number of carboxylic acids is 1. The van der Waals surface area contributed by atoms with E-state index in [0.717, 1.165) is 6.07 Å². The van der Waals surface area contributed by atoms with E-state index in [-0.39, 0.29) is 24.3 Å². The van der Waals surface area contributed by atoms with Crippen LogP contribution in [0.4, 0.5) is 13.2 Å². The molecule has 0 radical (unpaired) electrons. The maximum Gasteiger partial charge on any atom is 0.303 e. The average Bonchev–Trinajstić information content (AvgIpc) is 2.89. The third kappa shape index (κ3) is 4.07. The molecular weight excluding hydrogens is 323 g/mol. The van der Waals surface area contributed by atoms with Crippen molar-refractivity contribution >= 4 is 11.9 Å². The van der Waals surface area contributed by atoms with E-state index in [1.165, 1.54) is 4.90 Å². The lowest BCUT2D eigenvalue weighted by Crippen LogP contribution is -2.35. The highest BCUT2D eigenvalue weighted by Crippen LogP contribution is 2.37. The van der Waals surface area contributed by atoms with Gasteiger partial charge in [0.05, 0.1) is 12.5 Å². The van der Waals surface area contributed by atoms with Gasteiger partial charge in [-0.15, -0.1) is 0 Å². The molecule has 0 bridgehead atoms. The highest BCUT2D eigenvalue weighted by Gasteiger charge is 2.35. The highest BCUT2D eigenvalue weighted by molar-refractivity contribution is 5.79. The van der Waals surface area contributed by atoms with E-state index in [9.17, 15) is 22.8 Å². The van der Waals surface area contributed by atoms with E-state index in [4.69, 9.17) is 5.11 Å². The zero-order valence-electron chi connectivity index (χ0n) is 13.6. The fraction of sp³-hybridized carbons (Fsp3) is 0.529. The van der Waals surface area contributed by atoms with Crippen molar-refractivity contribution in [2.45, 2.75) is 45.6 Å². The van der Waals surface area contributed by atoms with Gasteiger partial charge in [-0.1, -0.05) is 13.8 Å². The molecule has 0 spiro atoms. The van der Waals surface area contributed by atoms with Crippen LogP contribution in [0, 0.1) is 22.9 Å². The summed E-state index contributed by atoms with van der Waals surface area (Å²) in [6.45, 7) is 3.67. The van der Waals surface area contributed by atoms with E-state index < -0.39 is 34.9 Å². The Morgan fingerprint density at radius 1 is 1.25 bits per heavy atom.